The van der Waals surface area contributed by atoms with Crippen LogP contribution in [0.3, 0.4) is 0 Å². The van der Waals surface area contributed by atoms with Gasteiger partial charge in [0.2, 0.25) is 0 Å². The van der Waals surface area contributed by atoms with Crippen LogP contribution in [-0.4, -0.2) is 103 Å². The Hall–Kier alpha value is -3.20. The summed E-state index contributed by atoms with van der Waals surface area (Å²) < 4.78 is 51.3. The van der Waals surface area contributed by atoms with E-state index in [1.54, 1.807) is 18.7 Å². The van der Waals surface area contributed by atoms with Crippen molar-refractivity contribution in [2.75, 3.05) is 59.7 Å². The molecule has 224 valence electrons. The van der Waals surface area contributed by atoms with Crippen LogP contribution in [-0.2, 0) is 21.3 Å². The van der Waals surface area contributed by atoms with E-state index in [0.29, 0.717) is 49.0 Å². The number of morpholine rings is 1. The molecule has 1 atom stereocenters. The molecule has 2 saturated heterocycles. The van der Waals surface area contributed by atoms with E-state index in [4.69, 9.17) is 24.1 Å². The van der Waals surface area contributed by atoms with Crippen LogP contribution in [0.5, 0.6) is 5.75 Å². The Balaban J connectivity index is 0.000000493. The molecule has 3 aromatic rings. The number of benzene rings is 1. The normalized spacial score (nSPS) is 18.0. The van der Waals surface area contributed by atoms with E-state index in [9.17, 15) is 22.8 Å². The van der Waals surface area contributed by atoms with Gasteiger partial charge in [-0.2, -0.15) is 13.2 Å². The standard InChI is InChI=1S/C25H31N3O5S.C2HF3O2/c1-26-19-8-4-3-7-18(19)22-20(24(26)29)21(33-15-12-27-10-13-32-14-11-27)23(34-22)25(30)28-9-5-6-17(28)16-31-2;3-2(4,5)1(6)7/h3-4,7-8,17H,5-6,9-16H2,1-2H3;(H,6,7)/t17-;/m1./s1. The first kappa shape index (κ1) is 30.8. The second kappa shape index (κ2) is 13.2. The zero-order valence-corrected chi connectivity index (χ0v) is 23.6. The first-order chi connectivity index (χ1) is 19.5. The lowest BCUT2D eigenvalue weighted by molar-refractivity contribution is -0.192. The minimum absolute atomic E-state index is 0.0449. The second-order valence-electron chi connectivity index (χ2n) is 9.70. The molecule has 0 unspecified atom stereocenters. The fraction of sp³-hybridized carbons (Fsp3) is 0.519. The number of amides is 1. The summed E-state index contributed by atoms with van der Waals surface area (Å²) in [5.41, 5.74) is 0.707. The quantitative estimate of drug-likeness (QED) is 0.441. The van der Waals surface area contributed by atoms with Gasteiger partial charge in [0.15, 0.2) is 5.75 Å². The van der Waals surface area contributed by atoms with E-state index < -0.39 is 12.1 Å². The van der Waals surface area contributed by atoms with Gasteiger partial charge in [-0.25, -0.2) is 4.79 Å². The molecule has 10 nitrogen and oxygen atoms in total. The molecule has 41 heavy (non-hydrogen) atoms. The number of carbonyl (C=O) groups is 2. The molecule has 14 heteroatoms. The highest BCUT2D eigenvalue weighted by atomic mass is 32.1. The summed E-state index contributed by atoms with van der Waals surface area (Å²) in [5.74, 6) is -2.41. The van der Waals surface area contributed by atoms with Crippen molar-refractivity contribution in [3.8, 4) is 5.75 Å². The predicted molar refractivity (Wildman–Crippen MR) is 147 cm³/mol. The van der Waals surface area contributed by atoms with E-state index in [0.717, 1.165) is 48.1 Å². The Morgan fingerprint density at radius 2 is 1.85 bits per heavy atom. The van der Waals surface area contributed by atoms with Crippen molar-refractivity contribution in [2.45, 2.75) is 25.1 Å². The number of methoxy groups -OCH3 is 1. The number of carboxylic acids is 1. The highest BCUT2D eigenvalue weighted by molar-refractivity contribution is 7.22. The van der Waals surface area contributed by atoms with Crippen LogP contribution in [0.4, 0.5) is 13.2 Å². The minimum atomic E-state index is -5.08. The van der Waals surface area contributed by atoms with E-state index in [1.165, 1.54) is 11.3 Å². The highest BCUT2D eigenvalue weighted by Gasteiger charge is 2.38. The van der Waals surface area contributed by atoms with Crippen molar-refractivity contribution in [2.24, 2.45) is 7.05 Å². The maximum Gasteiger partial charge on any atom is 0.490 e. The molecular weight excluding hydrogens is 567 g/mol. The van der Waals surface area contributed by atoms with Gasteiger partial charge in [-0.15, -0.1) is 11.3 Å². The Morgan fingerprint density at radius 1 is 1.17 bits per heavy atom. The summed E-state index contributed by atoms with van der Waals surface area (Å²) in [4.78, 5) is 40.8. The SMILES string of the molecule is COC[C@H]1CCCN1C(=O)c1sc2c(c1OCCN1CCOCC1)c(=O)n(C)c1ccccc21.O=C(O)C(F)(F)F. The maximum atomic E-state index is 13.8. The molecule has 0 aliphatic carbocycles. The monoisotopic (exact) mass is 599 g/mol. The van der Waals surface area contributed by atoms with Gasteiger partial charge in [0, 0.05) is 45.7 Å². The second-order valence-corrected chi connectivity index (χ2v) is 10.7. The number of hydrogen-bond donors (Lipinski definition) is 1. The number of likely N-dealkylation sites (tertiary alicyclic amines) is 1. The first-order valence-corrected chi connectivity index (χ1v) is 13.9. The lowest BCUT2D eigenvalue weighted by Gasteiger charge is -2.26. The molecule has 5 rings (SSSR count). The van der Waals surface area contributed by atoms with Crippen molar-refractivity contribution in [3.05, 3.63) is 39.5 Å². The van der Waals surface area contributed by atoms with E-state index in [1.807, 2.05) is 29.2 Å². The number of fused-ring (bicyclic) bond motifs is 3. The van der Waals surface area contributed by atoms with Crippen LogP contribution in [0.1, 0.15) is 22.5 Å². The summed E-state index contributed by atoms with van der Waals surface area (Å²) in [6, 6.07) is 7.87. The van der Waals surface area contributed by atoms with Crippen LogP contribution in [0.15, 0.2) is 29.1 Å². The number of ether oxygens (including phenoxy) is 3. The third kappa shape index (κ3) is 6.83. The average Bonchev–Trinajstić information content (AvgIpc) is 3.57. The number of para-hydroxylation sites is 1. The molecule has 0 bridgehead atoms. The van der Waals surface area contributed by atoms with Crippen LogP contribution in [0.2, 0.25) is 0 Å². The van der Waals surface area contributed by atoms with Gasteiger partial charge in [0.1, 0.15) is 16.9 Å². The van der Waals surface area contributed by atoms with E-state index >= 15 is 0 Å². The molecule has 0 radical (unpaired) electrons. The number of carboxylic acid groups (broad SMARTS) is 1. The third-order valence-electron chi connectivity index (χ3n) is 7.08. The van der Waals surface area contributed by atoms with E-state index in [2.05, 4.69) is 4.90 Å². The minimum Gasteiger partial charge on any atom is -0.490 e. The number of hydrogen-bond acceptors (Lipinski definition) is 8. The van der Waals surface area contributed by atoms with Crippen LogP contribution >= 0.6 is 11.3 Å². The maximum absolute atomic E-state index is 13.8. The lowest BCUT2D eigenvalue weighted by atomic mass is 10.1. The van der Waals surface area contributed by atoms with Gasteiger partial charge < -0.3 is 28.8 Å². The topological polar surface area (TPSA) is 111 Å². The Bertz CT molecular complexity index is 1450. The number of aryl methyl sites for hydroxylation is 1. The van der Waals surface area contributed by atoms with Gasteiger partial charge in [-0.3, -0.25) is 14.5 Å². The molecule has 4 heterocycles. The third-order valence-corrected chi connectivity index (χ3v) is 8.28. The zero-order valence-electron chi connectivity index (χ0n) is 22.7. The molecule has 1 N–H and O–H groups in total. The number of thiophene rings is 1. The summed E-state index contributed by atoms with van der Waals surface area (Å²) in [5, 5.41) is 8.58. The first-order valence-electron chi connectivity index (χ1n) is 13.1. The fourth-order valence-electron chi connectivity index (χ4n) is 5.01. The van der Waals surface area contributed by atoms with Crippen LogP contribution < -0.4 is 10.3 Å². The smallest absolute Gasteiger partial charge is 0.490 e. The molecule has 2 fully saturated rings. The zero-order chi connectivity index (χ0) is 29.7. The fourth-order valence-corrected chi connectivity index (χ4v) is 6.24. The van der Waals surface area contributed by atoms with Gasteiger partial charge in [-0.1, -0.05) is 18.2 Å². The molecule has 2 aliphatic heterocycles. The number of alkyl halides is 3. The van der Waals surface area contributed by atoms with Crippen LogP contribution in [0, 0.1) is 0 Å². The molecule has 0 saturated carbocycles. The number of aromatic nitrogens is 1. The number of nitrogens with zero attached hydrogens (tertiary/aromatic N) is 3. The molecule has 2 aromatic heterocycles. The number of aliphatic carboxylic acids is 1. The van der Waals surface area contributed by atoms with Gasteiger partial charge in [-0.05, 0) is 18.9 Å². The highest BCUT2D eigenvalue weighted by Crippen LogP contribution is 2.41. The average molecular weight is 600 g/mol. The molecule has 0 spiro atoms. The number of halogens is 3. The lowest BCUT2D eigenvalue weighted by Crippen LogP contribution is -2.39. The van der Waals surface area contributed by atoms with Crippen molar-refractivity contribution in [1.82, 2.24) is 14.4 Å². The van der Waals surface area contributed by atoms with Gasteiger partial charge in [0.05, 0.1) is 36.1 Å². The number of pyridine rings is 1. The number of carbonyl (C=O) groups excluding carboxylic acids is 1. The van der Waals surface area contributed by atoms with Gasteiger partial charge >= 0.3 is 12.1 Å². The summed E-state index contributed by atoms with van der Waals surface area (Å²) in [7, 11) is 3.44. The van der Waals surface area contributed by atoms with Crippen LogP contribution in [0.25, 0.3) is 21.0 Å². The predicted octanol–water partition coefficient (Wildman–Crippen LogP) is 3.35. The molecule has 2 aliphatic rings. The summed E-state index contributed by atoms with van der Waals surface area (Å²) in [6.07, 6.45) is -3.22. The Morgan fingerprint density at radius 3 is 2.51 bits per heavy atom. The summed E-state index contributed by atoms with van der Waals surface area (Å²) >= 11 is 1.37. The molecule has 1 amide bonds. The van der Waals surface area contributed by atoms with Crippen molar-refractivity contribution in [3.63, 3.8) is 0 Å². The van der Waals surface area contributed by atoms with Crippen molar-refractivity contribution in [1.29, 1.82) is 0 Å². The number of rotatable bonds is 7. The van der Waals surface area contributed by atoms with Crippen molar-refractivity contribution >= 4 is 44.2 Å². The molecule has 1 aromatic carbocycles. The van der Waals surface area contributed by atoms with Crippen molar-refractivity contribution < 1.29 is 42.1 Å². The Labute approximate surface area is 237 Å². The van der Waals surface area contributed by atoms with E-state index in [-0.39, 0.29) is 17.5 Å². The Kier molecular flexibility index (Phi) is 9.89. The molecular formula is C27H32F3N3O7S. The largest absolute Gasteiger partial charge is 0.490 e. The summed E-state index contributed by atoms with van der Waals surface area (Å²) in [6.45, 7) is 5.47. The van der Waals surface area contributed by atoms with Gasteiger partial charge in [0.25, 0.3) is 11.5 Å².